The maximum absolute atomic E-state index is 15.0. The normalized spacial score (nSPS) is 19.6. The minimum absolute atomic E-state index is 0.0497. The van der Waals surface area contributed by atoms with Gasteiger partial charge in [-0.3, -0.25) is 4.90 Å². The Labute approximate surface area is 184 Å². The Bertz CT molecular complexity index is 1170. The molecule has 3 aromatic rings. The van der Waals surface area contributed by atoms with E-state index in [-0.39, 0.29) is 15.6 Å². The van der Waals surface area contributed by atoms with Gasteiger partial charge in [-0.05, 0) is 43.2 Å². The fraction of sp³-hybridized carbons (Fsp3) is 0.318. The van der Waals surface area contributed by atoms with Crippen molar-refractivity contribution in [1.29, 1.82) is 0 Å². The number of benzene rings is 2. The van der Waals surface area contributed by atoms with E-state index in [1.54, 1.807) is 13.0 Å². The summed E-state index contributed by atoms with van der Waals surface area (Å²) in [6.45, 7) is 1.81. The minimum Gasteiger partial charge on any atom is -0.478 e. The van der Waals surface area contributed by atoms with E-state index in [4.69, 9.17) is 0 Å². The highest BCUT2D eigenvalue weighted by Gasteiger charge is 2.42. The number of hydrogen-bond acceptors (Lipinski definition) is 2. The van der Waals surface area contributed by atoms with Crippen molar-refractivity contribution in [3.8, 4) is 0 Å². The van der Waals surface area contributed by atoms with E-state index in [9.17, 15) is 27.5 Å². The summed E-state index contributed by atoms with van der Waals surface area (Å²) in [5.41, 5.74) is 1.32. The molecule has 4 rings (SSSR count). The smallest absolute Gasteiger partial charge is 0.335 e. The van der Waals surface area contributed by atoms with Gasteiger partial charge in [-0.2, -0.15) is 0 Å². The van der Waals surface area contributed by atoms with Crippen LogP contribution in [0.5, 0.6) is 0 Å². The van der Waals surface area contributed by atoms with Crippen LogP contribution in [0.4, 0.5) is 17.6 Å². The lowest BCUT2D eigenvalue weighted by Gasteiger charge is -2.42. The lowest BCUT2D eigenvalue weighted by atomic mass is 9.87. The number of carboxylic acid groups (broad SMARTS) is 1. The SMILES string of the molecule is C[C@@H]1Cc2c([nH]c3cc(C(=O)O)ccc23)[C@@H](c2c(F)cc(Br)cc2F)N1CC(C)(F)F. The summed E-state index contributed by atoms with van der Waals surface area (Å²) in [7, 11) is 0. The first-order valence-corrected chi connectivity index (χ1v) is 10.4. The molecular formula is C22H19BrF4N2O2. The van der Waals surface area contributed by atoms with Gasteiger partial charge >= 0.3 is 5.97 Å². The van der Waals surface area contributed by atoms with Gasteiger partial charge in [-0.25, -0.2) is 22.4 Å². The van der Waals surface area contributed by atoms with Gasteiger partial charge in [0.05, 0.1) is 18.2 Å². The number of rotatable bonds is 4. The van der Waals surface area contributed by atoms with Crippen LogP contribution in [0.2, 0.25) is 0 Å². The van der Waals surface area contributed by atoms with Gasteiger partial charge in [0.1, 0.15) is 11.6 Å². The Morgan fingerprint density at radius 2 is 1.90 bits per heavy atom. The number of fused-ring (bicyclic) bond motifs is 3. The number of aromatic amines is 1. The molecule has 0 unspecified atom stereocenters. The number of carboxylic acids is 1. The van der Waals surface area contributed by atoms with Crippen molar-refractivity contribution in [2.75, 3.05) is 6.54 Å². The van der Waals surface area contributed by atoms with Crippen LogP contribution in [0, 0.1) is 11.6 Å². The zero-order valence-corrected chi connectivity index (χ0v) is 18.2. The van der Waals surface area contributed by atoms with Crippen LogP contribution in [0.3, 0.4) is 0 Å². The Balaban J connectivity index is 1.98. The summed E-state index contributed by atoms with van der Waals surface area (Å²) in [6, 6.07) is 5.16. The average Bonchev–Trinajstić information content (AvgIpc) is 2.99. The van der Waals surface area contributed by atoms with Crippen LogP contribution >= 0.6 is 15.9 Å². The molecule has 31 heavy (non-hydrogen) atoms. The van der Waals surface area contributed by atoms with E-state index < -0.39 is 42.2 Å². The van der Waals surface area contributed by atoms with Crippen LogP contribution < -0.4 is 0 Å². The lowest BCUT2D eigenvalue weighted by Crippen LogP contribution is -2.47. The molecule has 0 spiro atoms. The summed E-state index contributed by atoms with van der Waals surface area (Å²) >= 11 is 3.05. The molecule has 0 aliphatic carbocycles. The standard InChI is InChI=1S/C22H19BrF4N2O2/c1-10-5-14-13-4-3-11(21(30)31)6-17(13)28-19(14)20(29(10)9-22(2,26)27)18-15(24)7-12(23)8-16(18)25/h3-4,6-8,10,20,28H,5,9H2,1-2H3,(H,30,31)/t10-,20-/m1/s1. The first-order chi connectivity index (χ1) is 14.5. The van der Waals surface area contributed by atoms with E-state index in [1.165, 1.54) is 17.0 Å². The van der Waals surface area contributed by atoms with Crippen molar-refractivity contribution >= 4 is 32.8 Å². The van der Waals surface area contributed by atoms with E-state index in [2.05, 4.69) is 20.9 Å². The molecule has 0 saturated carbocycles. The molecule has 0 bridgehead atoms. The number of alkyl halides is 2. The van der Waals surface area contributed by atoms with Gasteiger partial charge in [0, 0.05) is 39.6 Å². The topological polar surface area (TPSA) is 56.3 Å². The number of carbonyl (C=O) groups is 1. The lowest BCUT2D eigenvalue weighted by molar-refractivity contribution is -0.0374. The highest BCUT2D eigenvalue weighted by molar-refractivity contribution is 9.10. The monoisotopic (exact) mass is 498 g/mol. The van der Waals surface area contributed by atoms with Gasteiger partial charge in [-0.1, -0.05) is 22.0 Å². The zero-order chi connectivity index (χ0) is 22.7. The summed E-state index contributed by atoms with van der Waals surface area (Å²) < 4.78 is 58.2. The number of aromatic carboxylic acids is 1. The summed E-state index contributed by atoms with van der Waals surface area (Å²) in [5.74, 6) is -5.91. The van der Waals surface area contributed by atoms with Crippen LogP contribution in [-0.2, 0) is 6.42 Å². The molecule has 0 amide bonds. The Hall–Kier alpha value is -2.39. The third kappa shape index (κ3) is 3.96. The van der Waals surface area contributed by atoms with Crippen molar-refractivity contribution in [1.82, 2.24) is 9.88 Å². The fourth-order valence-corrected chi connectivity index (χ4v) is 4.79. The third-order valence-corrected chi connectivity index (χ3v) is 6.09. The molecule has 1 aliphatic rings. The van der Waals surface area contributed by atoms with Crippen LogP contribution in [0.25, 0.3) is 10.9 Å². The summed E-state index contributed by atoms with van der Waals surface area (Å²) in [5, 5.41) is 9.98. The highest BCUT2D eigenvalue weighted by atomic mass is 79.9. The van der Waals surface area contributed by atoms with Crippen molar-refractivity contribution in [3.63, 3.8) is 0 Å². The quantitative estimate of drug-likeness (QED) is 0.440. The molecule has 2 N–H and O–H groups in total. The molecular weight excluding hydrogens is 480 g/mol. The predicted octanol–water partition coefficient (Wildman–Crippen LogP) is 5.90. The second-order valence-corrected chi connectivity index (χ2v) is 8.98. The van der Waals surface area contributed by atoms with Gasteiger partial charge in [-0.15, -0.1) is 0 Å². The Morgan fingerprint density at radius 3 is 2.48 bits per heavy atom. The molecule has 0 fully saturated rings. The molecule has 4 nitrogen and oxygen atoms in total. The predicted molar refractivity (Wildman–Crippen MR) is 112 cm³/mol. The molecule has 0 radical (unpaired) electrons. The number of nitrogens with zero attached hydrogens (tertiary/aromatic N) is 1. The highest BCUT2D eigenvalue weighted by Crippen LogP contribution is 2.43. The van der Waals surface area contributed by atoms with Crippen LogP contribution in [0.15, 0.2) is 34.8 Å². The van der Waals surface area contributed by atoms with Gasteiger partial charge in [0.25, 0.3) is 5.92 Å². The van der Waals surface area contributed by atoms with Crippen molar-refractivity contribution in [2.24, 2.45) is 0 Å². The van der Waals surface area contributed by atoms with Gasteiger partial charge in [0.2, 0.25) is 0 Å². The Kier molecular flexibility index (Phi) is 5.37. The number of nitrogens with one attached hydrogen (secondary N) is 1. The van der Waals surface area contributed by atoms with Crippen LogP contribution in [-0.4, -0.2) is 39.5 Å². The molecule has 0 saturated heterocycles. The van der Waals surface area contributed by atoms with E-state index in [0.29, 0.717) is 23.0 Å². The summed E-state index contributed by atoms with van der Waals surface area (Å²) in [4.78, 5) is 15.8. The van der Waals surface area contributed by atoms with E-state index in [1.807, 2.05) is 0 Å². The third-order valence-electron chi connectivity index (χ3n) is 5.63. The van der Waals surface area contributed by atoms with Gasteiger partial charge in [0.15, 0.2) is 0 Å². The van der Waals surface area contributed by atoms with Crippen LogP contribution in [0.1, 0.15) is 47.1 Å². The molecule has 164 valence electrons. The molecule has 2 aromatic carbocycles. The van der Waals surface area contributed by atoms with E-state index in [0.717, 1.165) is 24.6 Å². The second-order valence-electron chi connectivity index (χ2n) is 8.06. The van der Waals surface area contributed by atoms with Crippen molar-refractivity contribution in [2.45, 2.75) is 38.3 Å². The maximum Gasteiger partial charge on any atom is 0.335 e. The number of H-pyrrole nitrogens is 1. The minimum atomic E-state index is -3.09. The maximum atomic E-state index is 15.0. The van der Waals surface area contributed by atoms with Crippen molar-refractivity contribution in [3.05, 3.63) is 68.8 Å². The van der Waals surface area contributed by atoms with Crippen molar-refractivity contribution < 1.29 is 27.5 Å². The molecule has 2 heterocycles. The molecule has 1 aliphatic heterocycles. The number of hydrogen-bond donors (Lipinski definition) is 2. The first-order valence-electron chi connectivity index (χ1n) is 9.62. The van der Waals surface area contributed by atoms with Gasteiger partial charge < -0.3 is 10.1 Å². The average molecular weight is 499 g/mol. The molecule has 1 aromatic heterocycles. The summed E-state index contributed by atoms with van der Waals surface area (Å²) in [6.07, 6.45) is 0.369. The zero-order valence-electron chi connectivity index (χ0n) is 16.6. The largest absolute Gasteiger partial charge is 0.478 e. The fourth-order valence-electron chi connectivity index (χ4n) is 4.39. The number of aromatic nitrogens is 1. The number of halogens is 5. The van der Waals surface area contributed by atoms with E-state index >= 15 is 0 Å². The second kappa shape index (κ2) is 7.63. The molecule has 9 heteroatoms. The Morgan fingerprint density at radius 1 is 1.26 bits per heavy atom. The first kappa shape index (κ1) is 21.8. The molecule has 2 atom stereocenters.